The van der Waals surface area contributed by atoms with Crippen LogP contribution in [0, 0.1) is 13.8 Å². The SMILES string of the molecule is Cc1ccc(O)c(NS(=O)(=O)c2ccccc2C)c1. The minimum absolute atomic E-state index is 0.0947. The number of phenolic OH excluding ortho intramolecular Hbond substituents is 1. The summed E-state index contributed by atoms with van der Waals surface area (Å²) in [5.74, 6) is -0.0947. The largest absolute Gasteiger partial charge is 0.506 e. The van der Waals surface area contributed by atoms with Crippen LogP contribution in [0.5, 0.6) is 5.75 Å². The van der Waals surface area contributed by atoms with Crippen molar-refractivity contribution in [1.29, 1.82) is 0 Å². The van der Waals surface area contributed by atoms with Gasteiger partial charge in [-0.1, -0.05) is 24.3 Å². The first-order valence-corrected chi connectivity index (χ1v) is 7.26. The predicted molar refractivity (Wildman–Crippen MR) is 74.8 cm³/mol. The van der Waals surface area contributed by atoms with Gasteiger partial charge in [0.25, 0.3) is 10.0 Å². The number of anilines is 1. The summed E-state index contributed by atoms with van der Waals surface area (Å²) >= 11 is 0. The van der Waals surface area contributed by atoms with Crippen LogP contribution >= 0.6 is 0 Å². The van der Waals surface area contributed by atoms with Crippen molar-refractivity contribution in [1.82, 2.24) is 0 Å². The molecule has 2 aromatic rings. The van der Waals surface area contributed by atoms with Gasteiger partial charge in [-0.15, -0.1) is 0 Å². The molecule has 0 radical (unpaired) electrons. The van der Waals surface area contributed by atoms with Crippen LogP contribution in [0.15, 0.2) is 47.4 Å². The molecule has 100 valence electrons. The molecule has 2 aromatic carbocycles. The summed E-state index contributed by atoms with van der Waals surface area (Å²) in [5, 5.41) is 9.69. The average Bonchev–Trinajstić information content (AvgIpc) is 2.34. The second-order valence-electron chi connectivity index (χ2n) is 4.39. The highest BCUT2D eigenvalue weighted by Gasteiger charge is 2.17. The predicted octanol–water partition coefficient (Wildman–Crippen LogP) is 2.81. The van der Waals surface area contributed by atoms with Gasteiger partial charge in [-0.2, -0.15) is 0 Å². The van der Waals surface area contributed by atoms with E-state index in [0.717, 1.165) is 5.56 Å². The summed E-state index contributed by atoms with van der Waals surface area (Å²) in [6.45, 7) is 3.55. The summed E-state index contributed by atoms with van der Waals surface area (Å²) in [6.07, 6.45) is 0. The first-order valence-electron chi connectivity index (χ1n) is 5.78. The second kappa shape index (κ2) is 4.93. The van der Waals surface area contributed by atoms with Gasteiger partial charge in [-0.25, -0.2) is 8.42 Å². The van der Waals surface area contributed by atoms with Crippen LogP contribution in [-0.4, -0.2) is 13.5 Å². The minimum atomic E-state index is -3.69. The van der Waals surface area contributed by atoms with Crippen molar-refractivity contribution >= 4 is 15.7 Å². The molecule has 0 amide bonds. The molecular weight excluding hydrogens is 262 g/mol. The number of aromatic hydroxyl groups is 1. The summed E-state index contributed by atoms with van der Waals surface area (Å²) in [4.78, 5) is 0.205. The van der Waals surface area contributed by atoms with Crippen LogP contribution < -0.4 is 4.72 Å². The lowest BCUT2D eigenvalue weighted by molar-refractivity contribution is 0.477. The Morgan fingerprint density at radius 1 is 1.05 bits per heavy atom. The molecule has 0 aromatic heterocycles. The van der Waals surface area contributed by atoms with Gasteiger partial charge in [0.2, 0.25) is 0 Å². The van der Waals surface area contributed by atoms with Gasteiger partial charge >= 0.3 is 0 Å². The van der Waals surface area contributed by atoms with Crippen LogP contribution in [0.2, 0.25) is 0 Å². The fraction of sp³-hybridized carbons (Fsp3) is 0.143. The van der Waals surface area contributed by atoms with Crippen molar-refractivity contribution in [3.05, 3.63) is 53.6 Å². The highest BCUT2D eigenvalue weighted by atomic mass is 32.2. The first kappa shape index (κ1) is 13.4. The molecule has 2 N–H and O–H groups in total. The Bertz CT molecular complexity index is 708. The molecular formula is C14H15NO3S. The average molecular weight is 277 g/mol. The maximum absolute atomic E-state index is 12.3. The lowest BCUT2D eigenvalue weighted by Crippen LogP contribution is -2.14. The molecule has 2 rings (SSSR count). The van der Waals surface area contributed by atoms with E-state index in [-0.39, 0.29) is 16.3 Å². The smallest absolute Gasteiger partial charge is 0.262 e. The van der Waals surface area contributed by atoms with E-state index in [4.69, 9.17) is 0 Å². The Morgan fingerprint density at radius 3 is 2.42 bits per heavy atom. The fourth-order valence-electron chi connectivity index (χ4n) is 1.79. The van der Waals surface area contributed by atoms with Crippen LogP contribution in [0.25, 0.3) is 0 Å². The monoisotopic (exact) mass is 277 g/mol. The van der Waals surface area contributed by atoms with E-state index >= 15 is 0 Å². The van der Waals surface area contributed by atoms with Crippen LogP contribution in [-0.2, 0) is 10.0 Å². The van der Waals surface area contributed by atoms with E-state index in [9.17, 15) is 13.5 Å². The molecule has 0 aliphatic heterocycles. The fourth-order valence-corrected chi connectivity index (χ4v) is 3.10. The van der Waals surface area contributed by atoms with E-state index < -0.39 is 10.0 Å². The van der Waals surface area contributed by atoms with Crippen LogP contribution in [0.3, 0.4) is 0 Å². The Balaban J connectivity index is 2.43. The molecule has 0 spiro atoms. The zero-order valence-corrected chi connectivity index (χ0v) is 11.5. The third kappa shape index (κ3) is 2.88. The third-order valence-corrected chi connectivity index (χ3v) is 4.31. The number of aryl methyl sites for hydroxylation is 2. The van der Waals surface area contributed by atoms with Crippen LogP contribution in [0.4, 0.5) is 5.69 Å². The van der Waals surface area contributed by atoms with Crippen molar-refractivity contribution < 1.29 is 13.5 Å². The van der Waals surface area contributed by atoms with Gasteiger partial charge < -0.3 is 5.11 Å². The first-order chi connectivity index (χ1) is 8.90. The number of phenols is 1. The highest BCUT2D eigenvalue weighted by Crippen LogP contribution is 2.27. The molecule has 0 unspecified atom stereocenters. The van der Waals surface area contributed by atoms with Gasteiger partial charge in [0, 0.05) is 0 Å². The lowest BCUT2D eigenvalue weighted by atomic mass is 10.2. The highest BCUT2D eigenvalue weighted by molar-refractivity contribution is 7.92. The Morgan fingerprint density at radius 2 is 1.74 bits per heavy atom. The molecule has 0 bridgehead atoms. The van der Waals surface area contributed by atoms with Gasteiger partial charge in [0.15, 0.2) is 0 Å². The summed E-state index contributed by atoms with van der Waals surface area (Å²) in [6, 6.07) is 11.5. The maximum Gasteiger partial charge on any atom is 0.262 e. The normalized spacial score (nSPS) is 11.3. The van der Waals surface area contributed by atoms with Crippen molar-refractivity contribution in [2.75, 3.05) is 4.72 Å². The van der Waals surface area contributed by atoms with E-state index in [1.54, 1.807) is 37.3 Å². The van der Waals surface area contributed by atoms with Gasteiger partial charge in [-0.05, 0) is 43.2 Å². The summed E-state index contributed by atoms with van der Waals surface area (Å²) in [5.41, 5.74) is 1.70. The molecule has 0 heterocycles. The van der Waals surface area contributed by atoms with Crippen molar-refractivity contribution in [2.45, 2.75) is 18.7 Å². The third-order valence-electron chi connectivity index (χ3n) is 2.78. The van der Waals surface area contributed by atoms with E-state index in [1.807, 2.05) is 6.92 Å². The van der Waals surface area contributed by atoms with Crippen molar-refractivity contribution in [3.63, 3.8) is 0 Å². The number of benzene rings is 2. The second-order valence-corrected chi connectivity index (χ2v) is 6.04. The quantitative estimate of drug-likeness (QED) is 0.848. The molecule has 0 saturated heterocycles. The zero-order valence-electron chi connectivity index (χ0n) is 10.7. The summed E-state index contributed by atoms with van der Waals surface area (Å²) in [7, 11) is -3.69. The molecule has 5 heteroatoms. The number of hydrogen-bond donors (Lipinski definition) is 2. The standard InChI is InChI=1S/C14H15NO3S/c1-10-7-8-13(16)12(9-10)15-19(17,18)14-6-4-3-5-11(14)2/h3-9,15-16H,1-2H3. The Labute approximate surface area is 112 Å². The minimum Gasteiger partial charge on any atom is -0.506 e. The molecule has 4 nitrogen and oxygen atoms in total. The van der Waals surface area contributed by atoms with Gasteiger partial charge in [0.1, 0.15) is 5.75 Å². The number of hydrogen-bond acceptors (Lipinski definition) is 3. The van der Waals surface area contributed by atoms with Crippen molar-refractivity contribution in [2.24, 2.45) is 0 Å². The van der Waals surface area contributed by atoms with E-state index in [0.29, 0.717) is 5.56 Å². The van der Waals surface area contributed by atoms with Crippen molar-refractivity contribution in [3.8, 4) is 5.75 Å². The molecule has 0 saturated carbocycles. The van der Waals surface area contributed by atoms with E-state index in [2.05, 4.69) is 4.72 Å². The topological polar surface area (TPSA) is 66.4 Å². The summed E-state index contributed by atoms with van der Waals surface area (Å²) < 4.78 is 26.9. The molecule has 0 atom stereocenters. The van der Waals surface area contributed by atoms with E-state index in [1.165, 1.54) is 12.1 Å². The molecule has 19 heavy (non-hydrogen) atoms. The Kier molecular flexibility index (Phi) is 3.48. The lowest BCUT2D eigenvalue weighted by Gasteiger charge is -2.11. The maximum atomic E-state index is 12.3. The molecule has 0 aliphatic carbocycles. The number of sulfonamides is 1. The van der Waals surface area contributed by atoms with Crippen LogP contribution in [0.1, 0.15) is 11.1 Å². The molecule has 0 fully saturated rings. The number of nitrogens with one attached hydrogen (secondary N) is 1. The zero-order chi connectivity index (χ0) is 14.0. The van der Waals surface area contributed by atoms with Gasteiger partial charge in [-0.3, -0.25) is 4.72 Å². The molecule has 0 aliphatic rings. The number of rotatable bonds is 3. The van der Waals surface area contributed by atoms with Gasteiger partial charge in [0.05, 0.1) is 10.6 Å². The Hall–Kier alpha value is -2.01.